The van der Waals surface area contributed by atoms with E-state index >= 15 is 0 Å². The van der Waals surface area contributed by atoms with E-state index in [-0.39, 0.29) is 0 Å². The molecule has 0 saturated carbocycles. The summed E-state index contributed by atoms with van der Waals surface area (Å²) in [5.41, 5.74) is 1.64. The Morgan fingerprint density at radius 2 is 1.76 bits per heavy atom. The molecule has 1 aromatic heterocycles. The second kappa shape index (κ2) is 5.28. The first-order valence-corrected chi connectivity index (χ1v) is 7.05. The average Bonchev–Trinajstić information content (AvgIpc) is 2.76. The van der Waals surface area contributed by atoms with Gasteiger partial charge in [0.15, 0.2) is 0 Å². The number of hydrogen-bond acceptors (Lipinski definition) is 1. The van der Waals surface area contributed by atoms with E-state index in [2.05, 4.69) is 4.98 Å². The van der Waals surface area contributed by atoms with Crippen LogP contribution < -0.4 is 0 Å². The number of alkyl halides is 1. The highest BCUT2D eigenvalue weighted by Gasteiger charge is 2.17. The summed E-state index contributed by atoms with van der Waals surface area (Å²) in [6.07, 6.45) is 0. The lowest BCUT2D eigenvalue weighted by atomic mass is 10.2. The van der Waals surface area contributed by atoms with Crippen molar-refractivity contribution in [3.63, 3.8) is 0 Å². The molecule has 2 aromatic carbocycles. The number of rotatable bonds is 2. The van der Waals surface area contributed by atoms with Gasteiger partial charge >= 0.3 is 0 Å². The summed E-state index contributed by atoms with van der Waals surface area (Å²) < 4.78 is 28.6. The van der Waals surface area contributed by atoms with Crippen molar-refractivity contribution in [1.82, 2.24) is 9.55 Å². The Bertz CT molecular complexity index is 808. The molecule has 21 heavy (non-hydrogen) atoms. The fourth-order valence-electron chi connectivity index (χ4n) is 2.28. The maximum Gasteiger partial charge on any atom is 0.132 e. The molecule has 0 N–H and O–H groups in total. The number of fused-ring (bicyclic) bond motifs is 1. The van der Waals surface area contributed by atoms with Crippen molar-refractivity contribution in [2.45, 2.75) is 12.3 Å². The first-order valence-electron chi connectivity index (χ1n) is 6.24. The van der Waals surface area contributed by atoms with Gasteiger partial charge in [-0.3, -0.25) is 4.57 Å². The first kappa shape index (κ1) is 14.3. The molecule has 108 valence electrons. The van der Waals surface area contributed by atoms with Gasteiger partial charge in [-0.05, 0) is 37.3 Å². The van der Waals surface area contributed by atoms with Gasteiger partial charge in [-0.15, -0.1) is 11.6 Å². The molecule has 0 radical (unpaired) electrons. The van der Waals surface area contributed by atoms with Crippen LogP contribution >= 0.6 is 23.2 Å². The van der Waals surface area contributed by atoms with E-state index in [1.54, 1.807) is 29.7 Å². The molecule has 0 amide bonds. The zero-order chi connectivity index (χ0) is 15.1. The van der Waals surface area contributed by atoms with Crippen LogP contribution in [0.15, 0.2) is 36.4 Å². The maximum absolute atomic E-state index is 13.5. The Balaban J connectivity index is 2.36. The molecule has 3 rings (SSSR count). The van der Waals surface area contributed by atoms with Gasteiger partial charge in [-0.2, -0.15) is 0 Å². The third-order valence-corrected chi connectivity index (χ3v) is 3.53. The van der Waals surface area contributed by atoms with Crippen molar-refractivity contribution in [3.8, 4) is 5.69 Å². The normalized spacial score (nSPS) is 12.8. The molecule has 1 atom stereocenters. The molecular weight excluding hydrogens is 317 g/mol. The van der Waals surface area contributed by atoms with Crippen LogP contribution in [0, 0.1) is 11.6 Å². The number of hydrogen-bond donors (Lipinski definition) is 0. The van der Waals surface area contributed by atoms with Gasteiger partial charge in [0.2, 0.25) is 0 Å². The predicted molar refractivity (Wildman–Crippen MR) is 80.3 cm³/mol. The van der Waals surface area contributed by atoms with Crippen LogP contribution in [0.1, 0.15) is 18.1 Å². The van der Waals surface area contributed by atoms with Crippen LogP contribution in [0.25, 0.3) is 16.7 Å². The molecule has 2 nitrogen and oxygen atoms in total. The number of benzene rings is 2. The SMILES string of the molecule is CC(Cl)c1nc2cc(Cl)ccc2n1-c1cc(F)cc(F)c1. The van der Waals surface area contributed by atoms with Crippen molar-refractivity contribution in [2.24, 2.45) is 0 Å². The fourth-order valence-corrected chi connectivity index (χ4v) is 2.59. The minimum absolute atomic E-state index is 0.333. The Morgan fingerprint density at radius 1 is 1.10 bits per heavy atom. The number of nitrogens with zero attached hydrogens (tertiary/aromatic N) is 2. The summed E-state index contributed by atoms with van der Waals surface area (Å²) in [5, 5.41) is 0.105. The smallest absolute Gasteiger partial charge is 0.132 e. The minimum atomic E-state index is -0.658. The first-order chi connectivity index (χ1) is 9.95. The van der Waals surface area contributed by atoms with E-state index in [9.17, 15) is 8.78 Å². The van der Waals surface area contributed by atoms with E-state index < -0.39 is 17.0 Å². The molecule has 0 bridgehead atoms. The van der Waals surface area contributed by atoms with Crippen LogP contribution in [-0.2, 0) is 0 Å². The molecule has 1 unspecified atom stereocenters. The van der Waals surface area contributed by atoms with E-state index in [0.717, 1.165) is 6.07 Å². The lowest BCUT2D eigenvalue weighted by Crippen LogP contribution is -2.03. The summed E-state index contributed by atoms with van der Waals surface area (Å²) in [6, 6.07) is 8.43. The molecule has 0 fully saturated rings. The highest BCUT2D eigenvalue weighted by atomic mass is 35.5. The van der Waals surface area contributed by atoms with Gasteiger partial charge in [0.25, 0.3) is 0 Å². The molecule has 6 heteroatoms. The standard InChI is InChI=1S/C15H10Cl2F2N2/c1-8(16)15-20-13-4-9(17)2-3-14(13)21(15)12-6-10(18)5-11(19)7-12/h2-8H,1H3. The third-order valence-electron chi connectivity index (χ3n) is 3.10. The topological polar surface area (TPSA) is 17.8 Å². The number of halogens is 4. The van der Waals surface area contributed by atoms with E-state index in [1.807, 2.05) is 0 Å². The maximum atomic E-state index is 13.5. The van der Waals surface area contributed by atoms with Gasteiger partial charge in [0.05, 0.1) is 22.1 Å². The van der Waals surface area contributed by atoms with Gasteiger partial charge in [-0.1, -0.05) is 11.6 Å². The van der Waals surface area contributed by atoms with Crippen molar-refractivity contribution in [2.75, 3.05) is 0 Å². The second-order valence-electron chi connectivity index (χ2n) is 4.68. The van der Waals surface area contributed by atoms with Gasteiger partial charge < -0.3 is 0 Å². The van der Waals surface area contributed by atoms with Crippen LogP contribution in [0.5, 0.6) is 0 Å². The van der Waals surface area contributed by atoms with Crippen molar-refractivity contribution >= 4 is 34.2 Å². The van der Waals surface area contributed by atoms with Crippen LogP contribution in [0.2, 0.25) is 5.02 Å². The fraction of sp³-hybridized carbons (Fsp3) is 0.133. The highest BCUT2D eigenvalue weighted by Crippen LogP contribution is 2.30. The molecule has 0 aliphatic carbocycles. The second-order valence-corrected chi connectivity index (χ2v) is 5.77. The largest absolute Gasteiger partial charge is 0.295 e. The summed E-state index contributed by atoms with van der Waals surface area (Å²) in [7, 11) is 0. The average molecular weight is 327 g/mol. The molecule has 3 aromatic rings. The quantitative estimate of drug-likeness (QED) is 0.587. The minimum Gasteiger partial charge on any atom is -0.295 e. The Morgan fingerprint density at radius 3 is 2.38 bits per heavy atom. The lowest BCUT2D eigenvalue weighted by molar-refractivity contribution is 0.581. The number of aromatic nitrogens is 2. The van der Waals surface area contributed by atoms with Crippen LogP contribution in [0.4, 0.5) is 8.78 Å². The van der Waals surface area contributed by atoms with Gasteiger partial charge in [0, 0.05) is 11.1 Å². The number of imidazole rings is 1. The zero-order valence-electron chi connectivity index (χ0n) is 10.9. The Kier molecular flexibility index (Phi) is 3.59. The molecule has 0 aliphatic heterocycles. The molecule has 0 saturated heterocycles. The van der Waals surface area contributed by atoms with E-state index in [1.165, 1.54) is 12.1 Å². The summed E-state index contributed by atoms with van der Waals surface area (Å²) in [4.78, 5) is 4.41. The molecule has 0 aliphatic rings. The third kappa shape index (κ3) is 2.61. The zero-order valence-corrected chi connectivity index (χ0v) is 12.5. The summed E-state index contributed by atoms with van der Waals surface area (Å²) in [6.45, 7) is 1.75. The lowest BCUT2D eigenvalue weighted by Gasteiger charge is -2.11. The predicted octanol–water partition coefficient (Wildman–Crippen LogP) is 5.26. The van der Waals surface area contributed by atoms with Crippen molar-refractivity contribution in [1.29, 1.82) is 0 Å². The molecule has 0 spiro atoms. The van der Waals surface area contributed by atoms with Crippen LogP contribution in [-0.4, -0.2) is 9.55 Å². The summed E-state index contributed by atoms with van der Waals surface area (Å²) >= 11 is 12.1. The Labute approximate surface area is 129 Å². The van der Waals surface area contributed by atoms with E-state index in [4.69, 9.17) is 23.2 Å². The Hall–Kier alpha value is -1.65. The van der Waals surface area contributed by atoms with Crippen molar-refractivity contribution < 1.29 is 8.78 Å². The van der Waals surface area contributed by atoms with Crippen molar-refractivity contribution in [3.05, 3.63) is 58.9 Å². The molecule has 1 heterocycles. The monoisotopic (exact) mass is 326 g/mol. The summed E-state index contributed by atoms with van der Waals surface area (Å²) in [5.74, 6) is -0.818. The van der Waals surface area contributed by atoms with Gasteiger partial charge in [-0.25, -0.2) is 13.8 Å². The van der Waals surface area contributed by atoms with Crippen LogP contribution in [0.3, 0.4) is 0 Å². The van der Waals surface area contributed by atoms with E-state index in [0.29, 0.717) is 27.6 Å². The highest BCUT2D eigenvalue weighted by molar-refractivity contribution is 6.31. The van der Waals surface area contributed by atoms with Gasteiger partial charge in [0.1, 0.15) is 17.5 Å². The molecular formula is C15H10Cl2F2N2.